The first-order valence-electron chi connectivity index (χ1n) is 4.44. The molecule has 0 bridgehead atoms. The van der Waals surface area contributed by atoms with Gasteiger partial charge in [-0.1, -0.05) is 5.16 Å². The topological polar surface area (TPSA) is 92.4 Å². The molecule has 1 rings (SSSR count). The van der Waals surface area contributed by atoms with E-state index in [1.165, 1.54) is 6.20 Å². The number of carboxylic acids is 1. The van der Waals surface area contributed by atoms with Gasteiger partial charge in [0.05, 0.1) is 12.6 Å². The molecule has 0 aliphatic heterocycles. The zero-order valence-corrected chi connectivity index (χ0v) is 8.48. The molecule has 0 saturated carbocycles. The predicted octanol–water partition coefficient (Wildman–Crippen LogP) is 0.576. The lowest BCUT2D eigenvalue weighted by molar-refractivity contribution is -0.137. The number of carbonyl (C=O) groups is 2. The zero-order valence-electron chi connectivity index (χ0n) is 8.48. The van der Waals surface area contributed by atoms with Crippen molar-refractivity contribution in [1.29, 1.82) is 0 Å². The molecule has 15 heavy (non-hydrogen) atoms. The molecule has 1 aromatic rings. The van der Waals surface area contributed by atoms with Crippen LogP contribution in [0.3, 0.4) is 0 Å². The second-order valence-electron chi connectivity index (χ2n) is 3.31. The number of amides is 1. The largest absolute Gasteiger partial charge is 0.481 e. The minimum atomic E-state index is -0.961. The number of nitrogens with zero attached hydrogens (tertiary/aromatic N) is 1. The van der Waals surface area contributed by atoms with Crippen LogP contribution in [0, 0.1) is 6.92 Å². The highest BCUT2D eigenvalue weighted by Crippen LogP contribution is 2.06. The number of nitrogens with one attached hydrogen (secondary N) is 1. The van der Waals surface area contributed by atoms with Crippen molar-refractivity contribution in [3.63, 3.8) is 0 Å². The van der Waals surface area contributed by atoms with Crippen molar-refractivity contribution < 1.29 is 19.2 Å². The van der Waals surface area contributed by atoms with Crippen LogP contribution in [0.2, 0.25) is 0 Å². The third-order valence-electron chi connectivity index (χ3n) is 1.81. The Morgan fingerprint density at radius 2 is 2.33 bits per heavy atom. The Morgan fingerprint density at radius 1 is 1.67 bits per heavy atom. The SMILES string of the molecule is Cc1cnoc1C(=O)NC(C)CC(=O)O. The Kier molecular flexibility index (Phi) is 3.43. The highest BCUT2D eigenvalue weighted by atomic mass is 16.5. The van der Waals surface area contributed by atoms with E-state index in [4.69, 9.17) is 9.63 Å². The summed E-state index contributed by atoms with van der Waals surface area (Å²) >= 11 is 0. The number of carboxylic acid groups (broad SMARTS) is 1. The summed E-state index contributed by atoms with van der Waals surface area (Å²) in [7, 11) is 0. The Balaban J connectivity index is 2.56. The van der Waals surface area contributed by atoms with E-state index in [1.807, 2.05) is 0 Å². The quantitative estimate of drug-likeness (QED) is 0.761. The van der Waals surface area contributed by atoms with Gasteiger partial charge in [0.25, 0.3) is 5.91 Å². The van der Waals surface area contributed by atoms with Gasteiger partial charge in [-0.25, -0.2) is 0 Å². The molecule has 1 amide bonds. The van der Waals surface area contributed by atoms with Gasteiger partial charge >= 0.3 is 5.97 Å². The molecular formula is C9H12N2O4. The van der Waals surface area contributed by atoms with Crippen molar-refractivity contribution in [2.24, 2.45) is 0 Å². The number of aryl methyl sites for hydroxylation is 1. The van der Waals surface area contributed by atoms with Crippen molar-refractivity contribution in [1.82, 2.24) is 10.5 Å². The van der Waals surface area contributed by atoms with Crippen molar-refractivity contribution in [3.05, 3.63) is 17.5 Å². The molecule has 1 aromatic heterocycles. The molecule has 6 heteroatoms. The summed E-state index contributed by atoms with van der Waals surface area (Å²) in [5.41, 5.74) is 0.620. The molecule has 0 spiro atoms. The van der Waals surface area contributed by atoms with E-state index in [0.717, 1.165) is 0 Å². The van der Waals surface area contributed by atoms with Crippen molar-refractivity contribution >= 4 is 11.9 Å². The summed E-state index contributed by atoms with van der Waals surface area (Å²) in [4.78, 5) is 21.8. The van der Waals surface area contributed by atoms with Crippen LogP contribution in [0.25, 0.3) is 0 Å². The summed E-state index contributed by atoms with van der Waals surface area (Å²) in [6, 6.07) is -0.445. The normalized spacial score (nSPS) is 12.1. The van der Waals surface area contributed by atoms with E-state index < -0.39 is 17.9 Å². The van der Waals surface area contributed by atoms with Gasteiger partial charge in [0, 0.05) is 11.6 Å². The Hall–Kier alpha value is -1.85. The fraction of sp³-hybridized carbons (Fsp3) is 0.444. The van der Waals surface area contributed by atoms with Gasteiger partial charge in [-0.15, -0.1) is 0 Å². The summed E-state index contributed by atoms with van der Waals surface area (Å²) < 4.78 is 4.72. The number of hydrogen-bond donors (Lipinski definition) is 2. The van der Waals surface area contributed by atoms with Crippen LogP contribution in [-0.4, -0.2) is 28.2 Å². The molecule has 0 saturated heterocycles. The van der Waals surface area contributed by atoms with E-state index in [2.05, 4.69) is 10.5 Å². The minimum absolute atomic E-state index is 0.118. The molecule has 82 valence electrons. The number of hydrogen-bond acceptors (Lipinski definition) is 4. The molecule has 2 N–H and O–H groups in total. The summed E-state index contributed by atoms with van der Waals surface area (Å²) in [6.07, 6.45) is 1.30. The van der Waals surface area contributed by atoms with Crippen molar-refractivity contribution in [3.8, 4) is 0 Å². The molecular weight excluding hydrogens is 200 g/mol. The smallest absolute Gasteiger partial charge is 0.305 e. The van der Waals surface area contributed by atoms with E-state index >= 15 is 0 Å². The van der Waals surface area contributed by atoms with Gasteiger partial charge in [-0.2, -0.15) is 0 Å². The van der Waals surface area contributed by atoms with Gasteiger partial charge in [-0.05, 0) is 13.8 Å². The monoisotopic (exact) mass is 212 g/mol. The molecule has 1 atom stereocenters. The highest BCUT2D eigenvalue weighted by molar-refractivity contribution is 5.93. The second-order valence-corrected chi connectivity index (χ2v) is 3.31. The van der Waals surface area contributed by atoms with Crippen LogP contribution in [0.1, 0.15) is 29.5 Å². The first kappa shape index (κ1) is 11.2. The maximum Gasteiger partial charge on any atom is 0.305 e. The maximum atomic E-state index is 11.5. The fourth-order valence-electron chi connectivity index (χ4n) is 1.11. The van der Waals surface area contributed by atoms with Gasteiger partial charge in [0.2, 0.25) is 5.76 Å². The molecule has 1 heterocycles. The maximum absolute atomic E-state index is 11.5. The summed E-state index contributed by atoms with van der Waals surface area (Å²) in [5.74, 6) is -1.29. The highest BCUT2D eigenvalue weighted by Gasteiger charge is 2.17. The first-order chi connectivity index (χ1) is 7.00. The minimum Gasteiger partial charge on any atom is -0.481 e. The second kappa shape index (κ2) is 4.59. The predicted molar refractivity (Wildman–Crippen MR) is 50.4 cm³/mol. The van der Waals surface area contributed by atoms with Gasteiger partial charge in [0.15, 0.2) is 0 Å². The van der Waals surface area contributed by atoms with Gasteiger partial charge in [0.1, 0.15) is 0 Å². The Morgan fingerprint density at radius 3 is 2.80 bits per heavy atom. The average Bonchev–Trinajstić information content (AvgIpc) is 2.49. The lowest BCUT2D eigenvalue weighted by atomic mass is 10.2. The molecule has 0 radical (unpaired) electrons. The molecule has 0 fully saturated rings. The van der Waals surface area contributed by atoms with Crippen LogP contribution in [0.5, 0.6) is 0 Å². The first-order valence-corrected chi connectivity index (χ1v) is 4.44. The van der Waals surface area contributed by atoms with E-state index in [-0.39, 0.29) is 12.2 Å². The van der Waals surface area contributed by atoms with Gasteiger partial charge in [-0.3, -0.25) is 9.59 Å². The number of aliphatic carboxylic acids is 1. The van der Waals surface area contributed by atoms with Gasteiger partial charge < -0.3 is 14.9 Å². The third-order valence-corrected chi connectivity index (χ3v) is 1.81. The Bertz CT molecular complexity index is 372. The number of carbonyl (C=O) groups excluding carboxylic acids is 1. The average molecular weight is 212 g/mol. The Labute approximate surface area is 86.3 Å². The van der Waals surface area contributed by atoms with Crippen LogP contribution in [0.4, 0.5) is 0 Å². The number of rotatable bonds is 4. The zero-order chi connectivity index (χ0) is 11.4. The molecule has 0 aliphatic rings. The molecule has 0 aromatic carbocycles. The van der Waals surface area contributed by atoms with Crippen LogP contribution >= 0.6 is 0 Å². The number of aromatic nitrogens is 1. The standard InChI is InChI=1S/C9H12N2O4/c1-5-4-10-15-8(5)9(14)11-6(2)3-7(12)13/h4,6H,3H2,1-2H3,(H,11,14)(H,12,13). The van der Waals surface area contributed by atoms with E-state index in [0.29, 0.717) is 5.56 Å². The molecule has 0 aliphatic carbocycles. The van der Waals surface area contributed by atoms with Crippen LogP contribution in [0.15, 0.2) is 10.7 Å². The van der Waals surface area contributed by atoms with E-state index in [9.17, 15) is 9.59 Å². The fourth-order valence-corrected chi connectivity index (χ4v) is 1.11. The van der Waals surface area contributed by atoms with Crippen LogP contribution < -0.4 is 5.32 Å². The molecule has 1 unspecified atom stereocenters. The van der Waals surface area contributed by atoms with Crippen molar-refractivity contribution in [2.45, 2.75) is 26.3 Å². The van der Waals surface area contributed by atoms with Crippen LogP contribution in [-0.2, 0) is 4.79 Å². The summed E-state index contributed by atoms with van der Waals surface area (Å²) in [6.45, 7) is 3.30. The molecule has 6 nitrogen and oxygen atoms in total. The summed E-state index contributed by atoms with van der Waals surface area (Å²) in [5, 5.41) is 14.5. The lowest BCUT2D eigenvalue weighted by Gasteiger charge is -2.09. The lowest BCUT2D eigenvalue weighted by Crippen LogP contribution is -2.34. The van der Waals surface area contributed by atoms with E-state index in [1.54, 1.807) is 13.8 Å². The van der Waals surface area contributed by atoms with Crippen molar-refractivity contribution in [2.75, 3.05) is 0 Å². The third kappa shape index (κ3) is 3.08.